The Morgan fingerprint density at radius 2 is 1.85 bits per heavy atom. The molecule has 3 N–H and O–H groups in total. The third-order valence-corrected chi connectivity index (χ3v) is 3.58. The Labute approximate surface area is 149 Å². The van der Waals surface area contributed by atoms with E-state index in [9.17, 15) is 9.59 Å². The van der Waals surface area contributed by atoms with Crippen molar-refractivity contribution in [3.63, 3.8) is 0 Å². The van der Waals surface area contributed by atoms with Crippen LogP contribution in [-0.4, -0.2) is 36.8 Å². The number of rotatable bonds is 7. The predicted octanol–water partition coefficient (Wildman–Crippen LogP) is 1.38. The molecular weight excluding hydrogens is 334 g/mol. The van der Waals surface area contributed by atoms with E-state index in [1.165, 1.54) is 6.33 Å². The Morgan fingerprint density at radius 1 is 1.12 bits per heavy atom. The molecule has 1 aromatic carbocycles. The first kappa shape index (κ1) is 17.3. The quantitative estimate of drug-likeness (QED) is 0.593. The lowest BCUT2D eigenvalue weighted by Gasteiger charge is -2.08. The standard InChI is InChI=1S/C17H19N7O2/c1-2-24-7-6-14(23-24)9-16(25)20-12-4-3-5-13(8-12)21-17(26)10-15-18-11-19-22-15/h3-8,11H,2,9-10H2,1H3,(H,20,25)(H,21,26)(H,18,19,22). The smallest absolute Gasteiger partial charge is 0.232 e. The zero-order chi connectivity index (χ0) is 18.4. The molecule has 0 fully saturated rings. The zero-order valence-electron chi connectivity index (χ0n) is 14.3. The summed E-state index contributed by atoms with van der Waals surface area (Å²) in [5, 5.41) is 16.2. The number of aromatic nitrogens is 5. The van der Waals surface area contributed by atoms with Crippen LogP contribution in [0.5, 0.6) is 0 Å². The summed E-state index contributed by atoms with van der Waals surface area (Å²) in [5.41, 5.74) is 1.89. The van der Waals surface area contributed by atoms with Gasteiger partial charge in [0.25, 0.3) is 0 Å². The van der Waals surface area contributed by atoms with E-state index in [-0.39, 0.29) is 24.7 Å². The van der Waals surface area contributed by atoms with Crippen molar-refractivity contribution >= 4 is 23.2 Å². The Kier molecular flexibility index (Phi) is 5.37. The molecule has 0 aliphatic heterocycles. The highest BCUT2D eigenvalue weighted by molar-refractivity contribution is 5.95. The number of aromatic amines is 1. The number of amides is 2. The summed E-state index contributed by atoms with van der Waals surface area (Å²) in [6.45, 7) is 2.75. The van der Waals surface area contributed by atoms with Gasteiger partial charge in [-0.1, -0.05) is 6.07 Å². The second-order valence-corrected chi connectivity index (χ2v) is 5.63. The van der Waals surface area contributed by atoms with Crippen LogP contribution in [-0.2, 0) is 29.0 Å². The molecule has 26 heavy (non-hydrogen) atoms. The Balaban J connectivity index is 1.56. The first-order valence-corrected chi connectivity index (χ1v) is 8.18. The summed E-state index contributed by atoms with van der Waals surface area (Å²) in [4.78, 5) is 28.1. The van der Waals surface area contributed by atoms with E-state index in [1.807, 2.05) is 19.2 Å². The fourth-order valence-electron chi connectivity index (χ4n) is 2.39. The number of carbonyl (C=O) groups excluding carboxylic acids is 2. The van der Waals surface area contributed by atoms with Gasteiger partial charge in [-0.3, -0.25) is 19.4 Å². The molecule has 9 heteroatoms. The van der Waals surface area contributed by atoms with Crippen molar-refractivity contribution < 1.29 is 9.59 Å². The molecule has 0 radical (unpaired) electrons. The van der Waals surface area contributed by atoms with Crippen molar-refractivity contribution in [3.05, 3.63) is 54.4 Å². The van der Waals surface area contributed by atoms with E-state index in [2.05, 4.69) is 30.9 Å². The lowest BCUT2D eigenvalue weighted by Crippen LogP contribution is -2.17. The van der Waals surface area contributed by atoms with Gasteiger partial charge >= 0.3 is 0 Å². The number of nitrogens with zero attached hydrogens (tertiary/aromatic N) is 4. The van der Waals surface area contributed by atoms with Gasteiger partial charge in [0.2, 0.25) is 11.8 Å². The highest BCUT2D eigenvalue weighted by Gasteiger charge is 2.09. The number of anilines is 2. The minimum absolute atomic E-state index is 0.0939. The van der Waals surface area contributed by atoms with Crippen molar-refractivity contribution in [2.75, 3.05) is 10.6 Å². The number of benzene rings is 1. The SMILES string of the molecule is CCn1ccc(CC(=O)Nc2cccc(NC(=O)Cc3ncn[nH]3)c2)n1. The molecule has 0 aliphatic rings. The normalized spacial score (nSPS) is 10.5. The highest BCUT2D eigenvalue weighted by Crippen LogP contribution is 2.15. The number of hydrogen-bond acceptors (Lipinski definition) is 5. The molecule has 0 unspecified atom stereocenters. The van der Waals surface area contributed by atoms with Gasteiger partial charge < -0.3 is 10.6 Å². The van der Waals surface area contributed by atoms with Crippen LogP contribution in [0.4, 0.5) is 11.4 Å². The lowest BCUT2D eigenvalue weighted by molar-refractivity contribution is -0.116. The van der Waals surface area contributed by atoms with Gasteiger partial charge in [0, 0.05) is 24.1 Å². The van der Waals surface area contributed by atoms with Gasteiger partial charge in [-0.2, -0.15) is 10.2 Å². The molecule has 0 bridgehead atoms. The number of hydrogen-bond donors (Lipinski definition) is 3. The summed E-state index contributed by atoms with van der Waals surface area (Å²) in [6.07, 6.45) is 3.47. The van der Waals surface area contributed by atoms with Crippen molar-refractivity contribution in [1.29, 1.82) is 0 Å². The van der Waals surface area contributed by atoms with E-state index < -0.39 is 0 Å². The molecule has 3 rings (SSSR count). The monoisotopic (exact) mass is 353 g/mol. The van der Waals surface area contributed by atoms with Crippen LogP contribution in [0.15, 0.2) is 42.9 Å². The third-order valence-electron chi connectivity index (χ3n) is 3.58. The van der Waals surface area contributed by atoms with Crippen LogP contribution in [0.2, 0.25) is 0 Å². The maximum absolute atomic E-state index is 12.2. The number of nitrogens with one attached hydrogen (secondary N) is 3. The predicted molar refractivity (Wildman–Crippen MR) is 95.4 cm³/mol. The molecule has 2 heterocycles. The van der Waals surface area contributed by atoms with E-state index in [0.717, 1.165) is 6.54 Å². The molecule has 0 saturated heterocycles. The molecule has 0 aliphatic carbocycles. The van der Waals surface area contributed by atoms with Crippen molar-refractivity contribution in [3.8, 4) is 0 Å². The second-order valence-electron chi connectivity index (χ2n) is 5.63. The molecule has 2 amide bonds. The third kappa shape index (κ3) is 4.76. The minimum Gasteiger partial charge on any atom is -0.326 e. The van der Waals surface area contributed by atoms with E-state index in [4.69, 9.17) is 0 Å². The van der Waals surface area contributed by atoms with Crippen molar-refractivity contribution in [2.45, 2.75) is 26.3 Å². The van der Waals surface area contributed by atoms with E-state index in [0.29, 0.717) is 22.9 Å². The summed E-state index contributed by atoms with van der Waals surface area (Å²) < 4.78 is 1.77. The first-order chi connectivity index (χ1) is 12.6. The topological polar surface area (TPSA) is 118 Å². The van der Waals surface area contributed by atoms with Crippen LogP contribution in [0.25, 0.3) is 0 Å². The average Bonchev–Trinajstić information content (AvgIpc) is 3.26. The Bertz CT molecular complexity index is 886. The van der Waals surface area contributed by atoms with Crippen LogP contribution < -0.4 is 10.6 Å². The van der Waals surface area contributed by atoms with E-state index in [1.54, 1.807) is 28.9 Å². The summed E-state index contributed by atoms with van der Waals surface area (Å²) in [5.74, 6) is 0.0882. The van der Waals surface area contributed by atoms with Crippen LogP contribution in [0.3, 0.4) is 0 Å². The molecule has 134 valence electrons. The molecule has 9 nitrogen and oxygen atoms in total. The minimum atomic E-state index is -0.227. The van der Waals surface area contributed by atoms with E-state index >= 15 is 0 Å². The zero-order valence-corrected chi connectivity index (χ0v) is 14.3. The maximum atomic E-state index is 12.2. The van der Waals surface area contributed by atoms with Gasteiger partial charge in [-0.15, -0.1) is 0 Å². The summed E-state index contributed by atoms with van der Waals surface area (Å²) in [7, 11) is 0. The van der Waals surface area contributed by atoms with Gasteiger partial charge in [0.05, 0.1) is 18.5 Å². The average molecular weight is 353 g/mol. The largest absolute Gasteiger partial charge is 0.326 e. The Hall–Kier alpha value is -3.49. The fourth-order valence-corrected chi connectivity index (χ4v) is 2.39. The maximum Gasteiger partial charge on any atom is 0.232 e. The lowest BCUT2D eigenvalue weighted by atomic mass is 10.2. The molecule has 0 atom stereocenters. The van der Waals surface area contributed by atoms with Crippen LogP contribution in [0, 0.1) is 0 Å². The fraction of sp³-hybridized carbons (Fsp3) is 0.235. The highest BCUT2D eigenvalue weighted by atomic mass is 16.2. The van der Waals surface area contributed by atoms with Crippen molar-refractivity contribution in [1.82, 2.24) is 25.0 Å². The molecule has 2 aromatic heterocycles. The first-order valence-electron chi connectivity index (χ1n) is 8.18. The number of carbonyl (C=O) groups is 2. The van der Waals surface area contributed by atoms with Gasteiger partial charge in [0.1, 0.15) is 12.2 Å². The van der Waals surface area contributed by atoms with Gasteiger partial charge in [0.15, 0.2) is 0 Å². The number of H-pyrrole nitrogens is 1. The molecule has 0 saturated carbocycles. The van der Waals surface area contributed by atoms with Gasteiger partial charge in [-0.25, -0.2) is 4.98 Å². The molecule has 0 spiro atoms. The number of aryl methyl sites for hydroxylation is 1. The molecular formula is C17H19N7O2. The Morgan fingerprint density at radius 3 is 2.46 bits per heavy atom. The van der Waals surface area contributed by atoms with Gasteiger partial charge in [-0.05, 0) is 31.2 Å². The van der Waals surface area contributed by atoms with Crippen molar-refractivity contribution in [2.24, 2.45) is 0 Å². The second kappa shape index (κ2) is 8.06. The molecule has 3 aromatic rings. The summed E-state index contributed by atoms with van der Waals surface area (Å²) in [6, 6.07) is 8.78. The van der Waals surface area contributed by atoms with Crippen LogP contribution >= 0.6 is 0 Å². The summed E-state index contributed by atoms with van der Waals surface area (Å²) >= 11 is 0. The van der Waals surface area contributed by atoms with Crippen LogP contribution in [0.1, 0.15) is 18.4 Å².